The first-order valence-electron chi connectivity index (χ1n) is 13.2. The number of H-pyrrole nitrogens is 1. The molecule has 2 saturated heterocycles. The molecule has 2 aromatic heterocycles. The molecule has 4 aromatic rings. The van der Waals surface area contributed by atoms with Gasteiger partial charge in [-0.05, 0) is 37.0 Å². The number of hydrogen-bond acceptors (Lipinski definition) is 6. The Balaban J connectivity index is 1.43. The summed E-state index contributed by atoms with van der Waals surface area (Å²) < 4.78 is 31.4. The quantitative estimate of drug-likeness (QED) is 0.264. The van der Waals surface area contributed by atoms with Gasteiger partial charge in [-0.15, -0.1) is 11.3 Å². The maximum Gasteiger partial charge on any atom is 0.158 e. The van der Waals surface area contributed by atoms with E-state index in [0.717, 1.165) is 50.2 Å². The lowest BCUT2D eigenvalue weighted by Gasteiger charge is -2.41. The highest BCUT2D eigenvalue weighted by molar-refractivity contribution is 7.23. The molecule has 0 spiro atoms. The highest BCUT2D eigenvalue weighted by Gasteiger charge is 2.40. The number of nitrogens with two attached hydrogens (primary N) is 1. The Kier molecular flexibility index (Phi) is 6.84. The fourth-order valence-corrected chi connectivity index (χ4v) is 7.32. The smallest absolute Gasteiger partial charge is 0.158 e. The number of nitrogens with one attached hydrogen (secondary N) is 1. The Morgan fingerprint density at radius 3 is 2.72 bits per heavy atom. The summed E-state index contributed by atoms with van der Waals surface area (Å²) in [6.07, 6.45) is 4.21. The summed E-state index contributed by atoms with van der Waals surface area (Å²) in [4.78, 5) is 4.62. The van der Waals surface area contributed by atoms with Crippen molar-refractivity contribution in [3.05, 3.63) is 40.4 Å². The first-order chi connectivity index (χ1) is 18.9. The summed E-state index contributed by atoms with van der Waals surface area (Å²) in [5, 5.41) is 18.1. The second kappa shape index (κ2) is 10.3. The number of piperazine rings is 1. The molecule has 0 amide bonds. The monoisotopic (exact) mass is 564 g/mol. The van der Waals surface area contributed by atoms with Crippen molar-refractivity contribution in [1.82, 2.24) is 15.1 Å². The van der Waals surface area contributed by atoms with Gasteiger partial charge in [0.05, 0.1) is 21.4 Å². The zero-order chi connectivity index (χ0) is 27.3. The van der Waals surface area contributed by atoms with Gasteiger partial charge in [-0.1, -0.05) is 36.4 Å². The number of fused-ring (bicyclic) bond motifs is 4. The summed E-state index contributed by atoms with van der Waals surface area (Å²) in [7, 11) is 0. The largest absolute Gasteiger partial charge is 0.390 e. The molecule has 2 aliphatic heterocycles. The predicted molar refractivity (Wildman–Crippen MR) is 154 cm³/mol. The van der Waals surface area contributed by atoms with Crippen LogP contribution in [-0.4, -0.2) is 46.8 Å². The number of hydrogen-bond donors (Lipinski definition) is 2. The third-order valence-electron chi connectivity index (χ3n) is 7.82. The fraction of sp³-hybridized carbons (Fsp3) is 0.379. The SMILES string of the molecule is CCCC#Cc1c(N)sc2c(F)ccc(-c3c(Cl)cc4c(N5CC6CCC(C5)N6CCC#N)n[nH]c4c3F)c12. The number of benzene rings is 2. The Labute approximate surface area is 234 Å². The molecular formula is C29H27ClF2N6S. The normalized spacial score (nSPS) is 19.0. The van der Waals surface area contributed by atoms with E-state index < -0.39 is 11.6 Å². The molecule has 4 heterocycles. The Morgan fingerprint density at radius 1 is 1.23 bits per heavy atom. The third-order valence-corrected chi connectivity index (χ3v) is 9.15. The minimum atomic E-state index is -0.544. The van der Waals surface area contributed by atoms with Crippen LogP contribution in [0.25, 0.3) is 32.1 Å². The Bertz CT molecular complexity index is 1680. The number of aromatic amines is 1. The number of nitrogen functional groups attached to an aromatic ring is 1. The Hall–Kier alpha value is -3.37. The van der Waals surface area contributed by atoms with Crippen LogP contribution in [0.4, 0.5) is 19.6 Å². The van der Waals surface area contributed by atoms with Crippen LogP contribution in [0.2, 0.25) is 5.02 Å². The van der Waals surface area contributed by atoms with E-state index in [1.807, 2.05) is 6.92 Å². The molecule has 2 bridgehead atoms. The van der Waals surface area contributed by atoms with Crippen molar-refractivity contribution >= 4 is 54.7 Å². The maximum absolute atomic E-state index is 16.3. The van der Waals surface area contributed by atoms with Crippen molar-refractivity contribution in [2.75, 3.05) is 30.3 Å². The number of rotatable bonds is 5. The maximum atomic E-state index is 16.3. The zero-order valence-corrected chi connectivity index (χ0v) is 23.0. The number of aromatic nitrogens is 2. The molecular weight excluding hydrogens is 538 g/mol. The number of unbranched alkanes of at least 4 members (excludes halogenated alkanes) is 1. The van der Waals surface area contributed by atoms with Gasteiger partial charge in [0.15, 0.2) is 11.6 Å². The van der Waals surface area contributed by atoms with E-state index >= 15 is 4.39 Å². The minimum Gasteiger partial charge on any atom is -0.390 e. The van der Waals surface area contributed by atoms with Crippen LogP contribution in [-0.2, 0) is 0 Å². The highest BCUT2D eigenvalue weighted by Crippen LogP contribution is 2.46. The van der Waals surface area contributed by atoms with E-state index in [2.05, 4.69) is 37.9 Å². The summed E-state index contributed by atoms with van der Waals surface area (Å²) in [6.45, 7) is 4.32. The molecule has 6 nitrogen and oxygen atoms in total. The molecule has 3 N–H and O–H groups in total. The van der Waals surface area contributed by atoms with Gasteiger partial charge in [0.2, 0.25) is 0 Å². The number of nitriles is 1. The molecule has 6 rings (SSSR count). The van der Waals surface area contributed by atoms with Gasteiger partial charge in [0.25, 0.3) is 0 Å². The molecule has 2 atom stereocenters. The van der Waals surface area contributed by atoms with Crippen LogP contribution in [0.3, 0.4) is 0 Å². The summed E-state index contributed by atoms with van der Waals surface area (Å²) in [5.41, 5.74) is 7.62. The van der Waals surface area contributed by atoms with Crippen LogP contribution in [0, 0.1) is 34.8 Å². The van der Waals surface area contributed by atoms with Gasteiger partial charge in [-0.25, -0.2) is 8.78 Å². The number of halogens is 3. The third kappa shape index (κ3) is 4.30. The van der Waals surface area contributed by atoms with Crippen molar-refractivity contribution < 1.29 is 8.78 Å². The zero-order valence-electron chi connectivity index (χ0n) is 21.5. The first kappa shape index (κ1) is 25.9. The van der Waals surface area contributed by atoms with Gasteiger partial charge in [-0.2, -0.15) is 10.4 Å². The summed E-state index contributed by atoms with van der Waals surface area (Å²) in [6, 6.07) is 7.53. The van der Waals surface area contributed by atoms with Crippen LogP contribution < -0.4 is 10.6 Å². The van der Waals surface area contributed by atoms with Crippen molar-refractivity contribution in [2.24, 2.45) is 0 Å². The van der Waals surface area contributed by atoms with E-state index in [4.69, 9.17) is 22.6 Å². The van der Waals surface area contributed by atoms with Crippen molar-refractivity contribution in [3.63, 3.8) is 0 Å². The molecule has 2 aromatic carbocycles. The van der Waals surface area contributed by atoms with E-state index in [1.165, 1.54) is 6.07 Å². The average molecular weight is 565 g/mol. The van der Waals surface area contributed by atoms with E-state index in [0.29, 0.717) is 62.3 Å². The minimum absolute atomic E-state index is 0.169. The molecule has 2 unspecified atom stereocenters. The second-order valence-electron chi connectivity index (χ2n) is 10.1. The van der Waals surface area contributed by atoms with E-state index in [-0.39, 0.29) is 16.1 Å². The topological polar surface area (TPSA) is 85.0 Å². The average Bonchev–Trinajstić information content (AvgIpc) is 3.56. The lowest BCUT2D eigenvalue weighted by molar-refractivity contribution is 0.173. The molecule has 0 radical (unpaired) electrons. The molecule has 0 saturated carbocycles. The highest BCUT2D eigenvalue weighted by atomic mass is 35.5. The van der Waals surface area contributed by atoms with Gasteiger partial charge < -0.3 is 10.6 Å². The lowest BCUT2D eigenvalue weighted by atomic mass is 9.97. The molecule has 2 aliphatic rings. The fourth-order valence-electron chi connectivity index (χ4n) is 6.07. The van der Waals surface area contributed by atoms with Crippen LogP contribution in [0.1, 0.15) is 44.6 Å². The molecule has 10 heteroatoms. The predicted octanol–water partition coefficient (Wildman–Crippen LogP) is 6.68. The van der Waals surface area contributed by atoms with Gasteiger partial charge in [0.1, 0.15) is 16.3 Å². The molecule has 39 heavy (non-hydrogen) atoms. The first-order valence-corrected chi connectivity index (χ1v) is 14.4. The summed E-state index contributed by atoms with van der Waals surface area (Å²) in [5.74, 6) is 5.86. The van der Waals surface area contributed by atoms with Gasteiger partial charge in [0, 0.05) is 60.9 Å². The molecule has 0 aliphatic carbocycles. The van der Waals surface area contributed by atoms with Gasteiger partial charge in [-0.3, -0.25) is 10.00 Å². The summed E-state index contributed by atoms with van der Waals surface area (Å²) >= 11 is 7.90. The number of nitrogens with zero attached hydrogens (tertiary/aromatic N) is 4. The lowest BCUT2D eigenvalue weighted by Crippen LogP contribution is -2.54. The van der Waals surface area contributed by atoms with E-state index in [9.17, 15) is 4.39 Å². The second-order valence-corrected chi connectivity index (χ2v) is 11.6. The number of thiophene rings is 1. The van der Waals surface area contributed by atoms with Gasteiger partial charge >= 0.3 is 0 Å². The van der Waals surface area contributed by atoms with Crippen LogP contribution >= 0.6 is 22.9 Å². The van der Waals surface area contributed by atoms with Crippen LogP contribution in [0.15, 0.2) is 18.2 Å². The Morgan fingerprint density at radius 2 is 2.00 bits per heavy atom. The molecule has 200 valence electrons. The van der Waals surface area contributed by atoms with Crippen molar-refractivity contribution in [2.45, 2.75) is 51.1 Å². The van der Waals surface area contributed by atoms with Crippen molar-refractivity contribution in [1.29, 1.82) is 5.26 Å². The van der Waals surface area contributed by atoms with E-state index in [1.54, 1.807) is 12.1 Å². The molecule has 2 fully saturated rings. The number of anilines is 2. The standard InChI is InChI=1S/C29H27ClF2N6S/c1-2-3-4-6-19-23-18(9-10-22(31)27(23)39-28(19)34)24-21(30)13-20-26(25(24)32)35-36-29(20)37-14-16-7-8-17(15-37)38(16)12-5-11-33/h9-10,13,16-17H,2-3,5,7-8,12,14-15,34H2,1H3,(H,35,36). The van der Waals surface area contributed by atoms with Crippen LogP contribution in [0.5, 0.6) is 0 Å². The van der Waals surface area contributed by atoms with Crippen molar-refractivity contribution in [3.8, 4) is 29.0 Å².